The zero-order chi connectivity index (χ0) is 14.6. The molecule has 0 radical (unpaired) electrons. The van der Waals surface area contributed by atoms with Crippen molar-refractivity contribution >= 4 is 11.6 Å². The maximum atomic E-state index is 6.06. The number of nitrogens with two attached hydrogens (primary N) is 1. The molecule has 1 aromatic rings. The van der Waals surface area contributed by atoms with E-state index < -0.39 is 0 Å². The van der Waals surface area contributed by atoms with E-state index in [-0.39, 0.29) is 11.6 Å². The van der Waals surface area contributed by atoms with E-state index in [1.54, 1.807) is 0 Å². The average molecular weight is 298 g/mol. The van der Waals surface area contributed by atoms with Crippen LogP contribution in [-0.4, -0.2) is 42.8 Å². The number of hydrogen-bond donors (Lipinski definition) is 2. The van der Waals surface area contributed by atoms with Gasteiger partial charge < -0.3 is 4.74 Å². The summed E-state index contributed by atoms with van der Waals surface area (Å²) in [5, 5.41) is 0.766. The molecule has 1 unspecified atom stereocenters. The van der Waals surface area contributed by atoms with Gasteiger partial charge in [0.05, 0.1) is 13.2 Å². The van der Waals surface area contributed by atoms with Crippen LogP contribution in [0.3, 0.4) is 0 Å². The predicted octanol–water partition coefficient (Wildman–Crippen LogP) is 1.83. The van der Waals surface area contributed by atoms with Crippen molar-refractivity contribution in [3.05, 3.63) is 34.9 Å². The Morgan fingerprint density at radius 2 is 2.10 bits per heavy atom. The summed E-state index contributed by atoms with van der Waals surface area (Å²) in [5.41, 5.74) is 4.14. The largest absolute Gasteiger partial charge is 0.379 e. The first-order valence-corrected chi connectivity index (χ1v) is 7.45. The lowest BCUT2D eigenvalue weighted by atomic mass is 9.87. The van der Waals surface area contributed by atoms with Gasteiger partial charge in [0.2, 0.25) is 0 Å². The Labute approximate surface area is 126 Å². The van der Waals surface area contributed by atoms with Gasteiger partial charge >= 0.3 is 0 Å². The highest BCUT2D eigenvalue weighted by molar-refractivity contribution is 6.30. The average Bonchev–Trinajstić information content (AvgIpc) is 2.45. The molecule has 2 rings (SSSR count). The summed E-state index contributed by atoms with van der Waals surface area (Å²) in [7, 11) is 0. The molecule has 0 saturated carbocycles. The molecule has 112 valence electrons. The van der Waals surface area contributed by atoms with Crippen molar-refractivity contribution in [1.29, 1.82) is 0 Å². The van der Waals surface area contributed by atoms with Gasteiger partial charge in [-0.25, -0.2) is 0 Å². The van der Waals surface area contributed by atoms with Gasteiger partial charge in [-0.2, -0.15) is 0 Å². The quantitative estimate of drug-likeness (QED) is 0.643. The van der Waals surface area contributed by atoms with Gasteiger partial charge in [0.25, 0.3) is 0 Å². The molecular weight excluding hydrogens is 274 g/mol. The molecule has 1 fully saturated rings. The number of benzene rings is 1. The van der Waals surface area contributed by atoms with Crippen LogP contribution in [0.25, 0.3) is 0 Å². The number of hydrogen-bond acceptors (Lipinski definition) is 4. The lowest BCUT2D eigenvalue weighted by molar-refractivity contribution is -0.0233. The first kappa shape index (κ1) is 15.7. The Bertz CT molecular complexity index is 433. The van der Waals surface area contributed by atoms with Crippen molar-refractivity contribution in [2.45, 2.75) is 31.8 Å². The molecule has 0 spiro atoms. The van der Waals surface area contributed by atoms with Crippen molar-refractivity contribution in [2.24, 2.45) is 5.84 Å². The summed E-state index contributed by atoms with van der Waals surface area (Å²) in [6.45, 7) is 7.93. The third-order valence-corrected chi connectivity index (χ3v) is 4.44. The van der Waals surface area contributed by atoms with Crippen molar-refractivity contribution in [1.82, 2.24) is 10.3 Å². The van der Waals surface area contributed by atoms with Crippen molar-refractivity contribution in [3.8, 4) is 0 Å². The van der Waals surface area contributed by atoms with Gasteiger partial charge in [0.1, 0.15) is 0 Å². The van der Waals surface area contributed by atoms with Gasteiger partial charge in [-0.3, -0.25) is 16.2 Å². The molecule has 1 saturated heterocycles. The smallest absolute Gasteiger partial charge is 0.0594 e. The minimum Gasteiger partial charge on any atom is -0.379 e. The lowest BCUT2D eigenvalue weighted by Crippen LogP contribution is -2.62. The van der Waals surface area contributed by atoms with Gasteiger partial charge in [-0.15, -0.1) is 0 Å². The van der Waals surface area contributed by atoms with Crippen molar-refractivity contribution < 1.29 is 4.74 Å². The molecule has 3 N–H and O–H groups in total. The van der Waals surface area contributed by atoms with Crippen LogP contribution in [0, 0.1) is 0 Å². The number of halogens is 1. The number of nitrogens with one attached hydrogen (secondary N) is 1. The minimum absolute atomic E-state index is 0.0408. The SMILES string of the molecule is CC(C)(C(Cc1cccc(Cl)c1)NN)N1CCOCC1. The van der Waals surface area contributed by atoms with E-state index in [0.29, 0.717) is 0 Å². The second kappa shape index (κ2) is 6.87. The van der Waals surface area contributed by atoms with E-state index in [0.717, 1.165) is 37.7 Å². The maximum absolute atomic E-state index is 6.06. The number of ether oxygens (including phenoxy) is 1. The standard InChI is InChI=1S/C15H24ClN3O/c1-15(2,19-6-8-20-9-7-19)14(18-17)11-12-4-3-5-13(16)10-12/h3-5,10,14,18H,6-9,11,17H2,1-2H3. The molecule has 4 nitrogen and oxygen atoms in total. The summed E-state index contributed by atoms with van der Waals surface area (Å²) in [6.07, 6.45) is 0.849. The van der Waals surface area contributed by atoms with Crippen LogP contribution in [0.5, 0.6) is 0 Å². The highest BCUT2D eigenvalue weighted by atomic mass is 35.5. The molecule has 1 aliphatic heterocycles. The molecule has 1 aromatic carbocycles. The summed E-state index contributed by atoms with van der Waals surface area (Å²) in [4.78, 5) is 2.44. The summed E-state index contributed by atoms with van der Waals surface area (Å²) in [6, 6.07) is 8.11. The fourth-order valence-corrected chi connectivity index (χ4v) is 2.99. The van der Waals surface area contributed by atoms with Gasteiger partial charge in [0.15, 0.2) is 0 Å². The fourth-order valence-electron chi connectivity index (χ4n) is 2.77. The third-order valence-electron chi connectivity index (χ3n) is 4.21. The number of hydrazine groups is 1. The summed E-state index contributed by atoms with van der Waals surface area (Å²) >= 11 is 6.06. The molecule has 0 bridgehead atoms. The summed E-state index contributed by atoms with van der Waals surface area (Å²) in [5.74, 6) is 5.81. The molecular formula is C15H24ClN3O. The highest BCUT2D eigenvalue weighted by Crippen LogP contribution is 2.23. The van der Waals surface area contributed by atoms with Crippen molar-refractivity contribution in [3.63, 3.8) is 0 Å². The van der Waals surface area contributed by atoms with E-state index in [1.807, 2.05) is 18.2 Å². The van der Waals surface area contributed by atoms with Crippen LogP contribution in [0.2, 0.25) is 5.02 Å². The van der Waals surface area contributed by atoms with Crippen LogP contribution in [-0.2, 0) is 11.2 Å². The topological polar surface area (TPSA) is 50.5 Å². The molecule has 1 aliphatic rings. The molecule has 20 heavy (non-hydrogen) atoms. The first-order valence-electron chi connectivity index (χ1n) is 7.07. The molecule has 0 amide bonds. The normalized spacial score (nSPS) is 19.0. The lowest BCUT2D eigenvalue weighted by Gasteiger charge is -2.45. The Morgan fingerprint density at radius 3 is 2.70 bits per heavy atom. The monoisotopic (exact) mass is 297 g/mol. The molecule has 5 heteroatoms. The van der Waals surface area contributed by atoms with Gasteiger partial charge in [-0.05, 0) is 38.0 Å². The van der Waals surface area contributed by atoms with E-state index in [2.05, 4.69) is 30.2 Å². The van der Waals surface area contributed by atoms with Gasteiger partial charge in [-0.1, -0.05) is 23.7 Å². The number of nitrogens with zero attached hydrogens (tertiary/aromatic N) is 1. The van der Waals surface area contributed by atoms with E-state index in [1.165, 1.54) is 5.56 Å². The van der Waals surface area contributed by atoms with E-state index in [9.17, 15) is 0 Å². The van der Waals surface area contributed by atoms with Crippen LogP contribution >= 0.6 is 11.6 Å². The van der Waals surface area contributed by atoms with Crippen LogP contribution in [0.1, 0.15) is 19.4 Å². The minimum atomic E-state index is -0.0408. The van der Waals surface area contributed by atoms with E-state index in [4.69, 9.17) is 22.2 Å². The zero-order valence-electron chi connectivity index (χ0n) is 12.2. The van der Waals surface area contributed by atoms with Crippen LogP contribution in [0.15, 0.2) is 24.3 Å². The second-order valence-electron chi connectivity index (χ2n) is 5.81. The fraction of sp³-hybridized carbons (Fsp3) is 0.600. The van der Waals surface area contributed by atoms with E-state index >= 15 is 0 Å². The van der Waals surface area contributed by atoms with Gasteiger partial charge in [0, 0.05) is 29.7 Å². The second-order valence-corrected chi connectivity index (χ2v) is 6.24. The highest BCUT2D eigenvalue weighted by Gasteiger charge is 2.35. The van der Waals surface area contributed by atoms with Crippen LogP contribution in [0.4, 0.5) is 0 Å². The Morgan fingerprint density at radius 1 is 1.40 bits per heavy atom. The predicted molar refractivity (Wildman–Crippen MR) is 82.7 cm³/mol. The Hall–Kier alpha value is -0.650. The maximum Gasteiger partial charge on any atom is 0.0594 e. The molecule has 1 heterocycles. The number of morpholine rings is 1. The first-order chi connectivity index (χ1) is 9.54. The van der Waals surface area contributed by atoms with Crippen LogP contribution < -0.4 is 11.3 Å². The summed E-state index contributed by atoms with van der Waals surface area (Å²) < 4.78 is 5.43. The zero-order valence-corrected chi connectivity index (χ0v) is 13.0. The Balaban J connectivity index is 2.09. The Kier molecular flexibility index (Phi) is 5.41. The van der Waals surface area contributed by atoms with Crippen molar-refractivity contribution in [2.75, 3.05) is 26.3 Å². The molecule has 0 aromatic heterocycles. The third kappa shape index (κ3) is 3.71. The number of rotatable bonds is 5. The molecule has 1 atom stereocenters. The molecule has 0 aliphatic carbocycles.